The number of benzene rings is 1. The molecule has 0 aliphatic carbocycles. The first kappa shape index (κ1) is 20.2. The molecule has 9 heteroatoms. The summed E-state index contributed by atoms with van der Waals surface area (Å²) >= 11 is 4.03. The number of thiophene rings is 2. The van der Waals surface area contributed by atoms with Crippen molar-refractivity contribution in [3.8, 4) is 6.07 Å². The molecule has 28 heavy (non-hydrogen) atoms. The van der Waals surface area contributed by atoms with E-state index in [9.17, 15) is 20.0 Å². The lowest BCUT2D eigenvalue weighted by molar-refractivity contribution is -0.137. The summed E-state index contributed by atoms with van der Waals surface area (Å²) in [5.41, 5.74) is 6.83. The minimum atomic E-state index is -1.01. The van der Waals surface area contributed by atoms with Crippen molar-refractivity contribution in [1.82, 2.24) is 0 Å². The number of carboxylic acids is 1. The van der Waals surface area contributed by atoms with Crippen molar-refractivity contribution >= 4 is 67.0 Å². The number of fused-ring (bicyclic) bond motifs is 1. The van der Waals surface area contributed by atoms with Crippen LogP contribution < -0.4 is 11.1 Å². The first-order valence-electron chi connectivity index (χ1n) is 8.29. The monoisotopic (exact) mass is 431 g/mol. The number of ketones is 1. The maximum atomic E-state index is 13.1. The zero-order valence-electron chi connectivity index (χ0n) is 14.9. The Morgan fingerprint density at radius 2 is 2.14 bits per heavy atom. The molecule has 0 bridgehead atoms. The Kier molecular flexibility index (Phi) is 6.24. The number of carbonyl (C=O) groups excluding carboxylic acids is 1. The topological polar surface area (TPSA) is 116 Å². The van der Waals surface area contributed by atoms with Crippen molar-refractivity contribution in [1.29, 1.82) is 5.26 Å². The molecule has 0 fully saturated rings. The maximum absolute atomic E-state index is 13.1. The van der Waals surface area contributed by atoms with Gasteiger partial charge in [0.25, 0.3) is 0 Å². The van der Waals surface area contributed by atoms with Crippen LogP contribution in [-0.2, 0) is 4.79 Å². The van der Waals surface area contributed by atoms with Crippen LogP contribution in [0.25, 0.3) is 10.1 Å². The molecular formula is C19H17N3O3S3. The van der Waals surface area contributed by atoms with Crippen LogP contribution in [-0.4, -0.2) is 34.9 Å². The summed E-state index contributed by atoms with van der Waals surface area (Å²) in [4.78, 5) is 24.9. The van der Waals surface area contributed by atoms with E-state index < -0.39 is 12.0 Å². The number of nitrogens with one attached hydrogen (secondary N) is 1. The van der Waals surface area contributed by atoms with Gasteiger partial charge in [-0.15, -0.1) is 22.7 Å². The summed E-state index contributed by atoms with van der Waals surface area (Å²) in [6.45, 7) is 0. The number of rotatable bonds is 8. The van der Waals surface area contributed by atoms with E-state index in [-0.39, 0.29) is 21.9 Å². The second-order valence-electron chi connectivity index (χ2n) is 5.95. The Morgan fingerprint density at radius 1 is 1.39 bits per heavy atom. The van der Waals surface area contributed by atoms with Crippen LogP contribution >= 0.6 is 34.4 Å². The lowest BCUT2D eigenvalue weighted by Gasteiger charge is -2.13. The zero-order chi connectivity index (χ0) is 20.3. The largest absolute Gasteiger partial charge is 0.480 e. The van der Waals surface area contributed by atoms with Crippen LogP contribution in [0, 0.1) is 11.3 Å². The molecule has 0 aliphatic heterocycles. The summed E-state index contributed by atoms with van der Waals surface area (Å²) < 4.78 is 0.989. The zero-order valence-corrected chi connectivity index (χ0v) is 17.3. The summed E-state index contributed by atoms with van der Waals surface area (Å²) in [6.07, 6.45) is 2.28. The third-order valence-electron chi connectivity index (χ3n) is 4.20. The number of nitrogens with two attached hydrogens (primary N) is 1. The molecule has 1 aromatic carbocycles. The molecular weight excluding hydrogens is 414 g/mol. The van der Waals surface area contributed by atoms with Crippen molar-refractivity contribution < 1.29 is 14.7 Å². The van der Waals surface area contributed by atoms with Gasteiger partial charge in [-0.25, -0.2) is 4.79 Å². The molecule has 1 unspecified atom stereocenters. The molecule has 0 spiro atoms. The van der Waals surface area contributed by atoms with Crippen molar-refractivity contribution in [3.63, 3.8) is 0 Å². The number of aliphatic carboxylic acids is 1. The Labute approximate surface area is 174 Å². The van der Waals surface area contributed by atoms with Crippen molar-refractivity contribution in [2.75, 3.05) is 23.1 Å². The van der Waals surface area contributed by atoms with E-state index in [1.54, 1.807) is 5.38 Å². The van der Waals surface area contributed by atoms with E-state index in [0.717, 1.165) is 21.4 Å². The fourth-order valence-electron chi connectivity index (χ4n) is 2.75. The predicted octanol–water partition coefficient (Wildman–Crippen LogP) is 4.27. The molecule has 0 aliphatic rings. The fourth-order valence-corrected chi connectivity index (χ4v) is 5.24. The molecule has 3 rings (SSSR count). The van der Waals surface area contributed by atoms with Crippen molar-refractivity contribution in [2.24, 2.45) is 0 Å². The average molecular weight is 432 g/mol. The van der Waals surface area contributed by atoms with Gasteiger partial charge in [0.1, 0.15) is 27.6 Å². The number of hydrogen-bond donors (Lipinski definition) is 3. The molecule has 0 saturated carbocycles. The number of nitrogens with zero attached hydrogens (tertiary/aromatic N) is 1. The van der Waals surface area contributed by atoms with Gasteiger partial charge in [-0.3, -0.25) is 4.79 Å². The highest BCUT2D eigenvalue weighted by Crippen LogP contribution is 2.39. The van der Waals surface area contributed by atoms with Gasteiger partial charge >= 0.3 is 5.97 Å². The molecule has 4 N–H and O–H groups in total. The second kappa shape index (κ2) is 8.65. The van der Waals surface area contributed by atoms with E-state index >= 15 is 0 Å². The van der Waals surface area contributed by atoms with Crippen LogP contribution in [0.2, 0.25) is 0 Å². The molecule has 0 saturated heterocycles. The first-order valence-corrected chi connectivity index (χ1v) is 11.4. The standard InChI is InChI=1S/C19H17N3O3S3/c1-26-7-6-13(19(24)25)22-18-11(8-20)15(21)17(28-18)16(23)12-9-27-14-5-3-2-4-10(12)14/h2-5,9,13,22H,6-7,21H2,1H3,(H,24,25). The fraction of sp³-hybridized carbons (Fsp3) is 0.211. The Morgan fingerprint density at radius 3 is 2.82 bits per heavy atom. The summed E-state index contributed by atoms with van der Waals surface area (Å²) in [5.74, 6) is -0.624. The van der Waals surface area contributed by atoms with Gasteiger partial charge in [0, 0.05) is 21.0 Å². The van der Waals surface area contributed by atoms with Crippen LogP contribution in [0.15, 0.2) is 29.6 Å². The van der Waals surface area contributed by atoms with E-state index in [2.05, 4.69) is 5.32 Å². The molecule has 1 atom stereocenters. The van der Waals surface area contributed by atoms with Crippen molar-refractivity contribution in [2.45, 2.75) is 12.5 Å². The van der Waals surface area contributed by atoms with Crippen LogP contribution in [0.1, 0.15) is 27.2 Å². The summed E-state index contributed by atoms with van der Waals surface area (Å²) in [7, 11) is 0. The molecule has 144 valence electrons. The van der Waals surface area contributed by atoms with Gasteiger partial charge < -0.3 is 16.2 Å². The molecule has 6 nitrogen and oxygen atoms in total. The number of hydrogen-bond acceptors (Lipinski definition) is 8. The lowest BCUT2D eigenvalue weighted by Crippen LogP contribution is -2.29. The highest BCUT2D eigenvalue weighted by molar-refractivity contribution is 7.98. The highest BCUT2D eigenvalue weighted by atomic mass is 32.2. The second-order valence-corrected chi connectivity index (χ2v) is 8.87. The van der Waals surface area contributed by atoms with E-state index in [0.29, 0.717) is 22.7 Å². The third-order valence-corrected chi connectivity index (χ3v) is 6.95. The number of nitrogen functional groups attached to an aromatic ring is 1. The minimum absolute atomic E-state index is 0.0873. The normalized spacial score (nSPS) is 11.9. The number of thioether (sulfide) groups is 1. The molecule has 3 aromatic rings. The number of anilines is 2. The van der Waals surface area contributed by atoms with Gasteiger partial charge in [-0.05, 0) is 24.5 Å². The lowest BCUT2D eigenvalue weighted by atomic mass is 10.1. The Balaban J connectivity index is 1.98. The Hall–Kier alpha value is -2.54. The maximum Gasteiger partial charge on any atom is 0.326 e. The molecule has 2 heterocycles. The number of carbonyl (C=O) groups is 2. The Bertz CT molecular complexity index is 1080. The highest BCUT2D eigenvalue weighted by Gasteiger charge is 2.26. The molecule has 0 amide bonds. The van der Waals surface area contributed by atoms with E-state index in [4.69, 9.17) is 5.73 Å². The number of nitriles is 1. The van der Waals surface area contributed by atoms with Gasteiger partial charge in [-0.2, -0.15) is 17.0 Å². The van der Waals surface area contributed by atoms with Crippen LogP contribution in [0.5, 0.6) is 0 Å². The van der Waals surface area contributed by atoms with Gasteiger partial charge in [-0.1, -0.05) is 18.2 Å². The van der Waals surface area contributed by atoms with Gasteiger partial charge in [0.05, 0.1) is 5.69 Å². The SMILES string of the molecule is CSCCC(Nc1sc(C(=O)c2csc3ccccc23)c(N)c1C#N)C(=O)O. The predicted molar refractivity (Wildman–Crippen MR) is 117 cm³/mol. The quantitative estimate of drug-likeness (QED) is 0.456. The van der Waals surface area contributed by atoms with Crippen LogP contribution in [0.4, 0.5) is 10.7 Å². The number of carboxylic acid groups (broad SMARTS) is 1. The minimum Gasteiger partial charge on any atom is -0.480 e. The average Bonchev–Trinajstić information content (AvgIpc) is 3.25. The van der Waals surface area contributed by atoms with Crippen molar-refractivity contribution in [3.05, 3.63) is 45.6 Å². The summed E-state index contributed by atoms with van der Waals surface area (Å²) in [6, 6.07) is 8.71. The van der Waals surface area contributed by atoms with Gasteiger partial charge in [0.15, 0.2) is 0 Å². The van der Waals surface area contributed by atoms with Crippen LogP contribution in [0.3, 0.4) is 0 Å². The molecule has 2 aromatic heterocycles. The first-order chi connectivity index (χ1) is 13.5. The smallest absolute Gasteiger partial charge is 0.326 e. The van der Waals surface area contributed by atoms with Gasteiger partial charge in [0.2, 0.25) is 5.78 Å². The summed E-state index contributed by atoms with van der Waals surface area (Å²) in [5, 5.41) is 24.7. The third kappa shape index (κ3) is 3.85. The van der Waals surface area contributed by atoms with E-state index in [1.807, 2.05) is 36.6 Å². The molecule has 0 radical (unpaired) electrons. The van der Waals surface area contributed by atoms with E-state index in [1.165, 1.54) is 23.1 Å².